The number of rotatable bonds is 0. The van der Waals surface area contributed by atoms with Gasteiger partial charge in [0.05, 0.1) is 0 Å². The molecule has 0 saturated carbocycles. The van der Waals surface area contributed by atoms with Crippen molar-refractivity contribution in [3.05, 3.63) is 29.8 Å². The Kier molecular flexibility index (Phi) is 2.61. The monoisotopic (exact) mass is 299 g/mol. The molecule has 4 atom stereocenters. The number of hydrogen-bond donors (Lipinski definition) is 1. The van der Waals surface area contributed by atoms with Crippen molar-refractivity contribution >= 4 is 23.4 Å². The van der Waals surface area contributed by atoms with Crippen molar-refractivity contribution in [1.29, 1.82) is 0 Å². The van der Waals surface area contributed by atoms with Gasteiger partial charge in [-0.1, -0.05) is 18.2 Å². The average molecular weight is 299 g/mol. The van der Waals surface area contributed by atoms with Gasteiger partial charge in [-0.3, -0.25) is 19.3 Å². The second-order valence-electron chi connectivity index (χ2n) is 6.20. The van der Waals surface area contributed by atoms with Crippen LogP contribution >= 0.6 is 0 Å². The highest BCUT2D eigenvalue weighted by atomic mass is 16.2. The highest BCUT2D eigenvalue weighted by Gasteiger charge is 2.57. The summed E-state index contributed by atoms with van der Waals surface area (Å²) in [5, 5.41) is 2.72. The van der Waals surface area contributed by atoms with Gasteiger partial charge >= 0.3 is 0 Å². The van der Waals surface area contributed by atoms with Crippen molar-refractivity contribution in [3.8, 4) is 0 Å². The molecule has 2 fully saturated rings. The van der Waals surface area contributed by atoms with E-state index in [1.165, 1.54) is 6.92 Å². The Labute approximate surface area is 128 Å². The molecule has 1 aromatic carbocycles. The molecule has 0 spiro atoms. The standard InChI is InChI=1S/C16H17N3O3/c1-8-16(22)19-13(14(21)17-8)7-11-10-5-3-4-6-12(10)18(9(2)20)15(11)19/h3-6,8,11,13,15H,7H2,1-2H3,(H,17,21)/t8-,11-,13-,15-/m0/s1. The van der Waals surface area contributed by atoms with Crippen molar-refractivity contribution in [1.82, 2.24) is 10.2 Å². The number of nitrogens with zero attached hydrogens (tertiary/aromatic N) is 2. The SMILES string of the molecule is CC(=O)N1c2ccccc2[C@@H]2C[C@H]3C(=O)N[C@@H](C)C(=O)N3[C@@H]21. The Morgan fingerprint density at radius 1 is 1.27 bits per heavy atom. The fourth-order valence-corrected chi connectivity index (χ4v) is 4.08. The van der Waals surface area contributed by atoms with Crippen molar-refractivity contribution in [2.75, 3.05) is 4.90 Å². The van der Waals surface area contributed by atoms with Crippen LogP contribution < -0.4 is 10.2 Å². The number of amides is 3. The number of anilines is 1. The summed E-state index contributed by atoms with van der Waals surface area (Å²) in [7, 11) is 0. The minimum Gasteiger partial charge on any atom is -0.343 e. The van der Waals surface area contributed by atoms with Crippen molar-refractivity contribution in [3.63, 3.8) is 0 Å². The Morgan fingerprint density at radius 3 is 2.73 bits per heavy atom. The molecular weight excluding hydrogens is 282 g/mol. The van der Waals surface area contributed by atoms with Gasteiger partial charge in [0, 0.05) is 18.5 Å². The van der Waals surface area contributed by atoms with E-state index in [0.717, 1.165) is 11.3 Å². The lowest BCUT2D eigenvalue weighted by Crippen LogP contribution is -2.64. The second-order valence-corrected chi connectivity index (χ2v) is 6.20. The molecule has 3 aliphatic heterocycles. The number of carbonyl (C=O) groups is 3. The van der Waals surface area contributed by atoms with Gasteiger partial charge in [-0.25, -0.2) is 0 Å². The van der Waals surface area contributed by atoms with Crippen molar-refractivity contribution < 1.29 is 14.4 Å². The number of fused-ring (bicyclic) bond motifs is 5. The van der Waals surface area contributed by atoms with E-state index in [-0.39, 0.29) is 29.8 Å². The zero-order chi connectivity index (χ0) is 15.6. The smallest absolute Gasteiger partial charge is 0.247 e. The van der Waals surface area contributed by atoms with Gasteiger partial charge in [-0.05, 0) is 25.0 Å². The zero-order valence-corrected chi connectivity index (χ0v) is 12.4. The van der Waals surface area contributed by atoms with Crippen LogP contribution in [0.4, 0.5) is 5.69 Å². The Bertz CT molecular complexity index is 702. The van der Waals surface area contributed by atoms with Crippen LogP contribution in [-0.2, 0) is 14.4 Å². The molecule has 4 rings (SSSR count). The van der Waals surface area contributed by atoms with Gasteiger partial charge in [0.1, 0.15) is 18.2 Å². The third kappa shape index (κ3) is 1.52. The van der Waals surface area contributed by atoms with E-state index in [4.69, 9.17) is 0 Å². The Morgan fingerprint density at radius 2 is 2.00 bits per heavy atom. The normalized spacial score (nSPS) is 32.5. The molecule has 3 aliphatic rings. The molecule has 0 bridgehead atoms. The van der Waals surface area contributed by atoms with Crippen LogP contribution in [0.1, 0.15) is 31.7 Å². The molecule has 1 N–H and O–H groups in total. The van der Waals surface area contributed by atoms with Crippen LogP contribution in [0.25, 0.3) is 0 Å². The van der Waals surface area contributed by atoms with Crippen LogP contribution in [0.2, 0.25) is 0 Å². The largest absolute Gasteiger partial charge is 0.343 e. The summed E-state index contributed by atoms with van der Waals surface area (Å²) >= 11 is 0. The number of nitrogens with one attached hydrogen (secondary N) is 1. The molecule has 0 aliphatic carbocycles. The van der Waals surface area contributed by atoms with Gasteiger partial charge in [-0.2, -0.15) is 0 Å². The van der Waals surface area contributed by atoms with E-state index in [9.17, 15) is 14.4 Å². The van der Waals surface area contributed by atoms with E-state index in [1.807, 2.05) is 24.3 Å². The zero-order valence-electron chi connectivity index (χ0n) is 12.4. The number of benzene rings is 1. The lowest BCUT2D eigenvalue weighted by molar-refractivity contribution is -0.148. The van der Waals surface area contributed by atoms with Gasteiger partial charge in [0.25, 0.3) is 0 Å². The first-order valence-corrected chi connectivity index (χ1v) is 7.52. The van der Waals surface area contributed by atoms with Gasteiger partial charge < -0.3 is 10.2 Å². The molecule has 114 valence electrons. The van der Waals surface area contributed by atoms with Crippen LogP contribution in [0.15, 0.2) is 24.3 Å². The lowest BCUT2D eigenvalue weighted by Gasteiger charge is -2.39. The minimum absolute atomic E-state index is 0.00472. The van der Waals surface area contributed by atoms with Gasteiger partial charge in [0.2, 0.25) is 17.7 Å². The van der Waals surface area contributed by atoms with Crippen LogP contribution in [0.5, 0.6) is 0 Å². The highest BCUT2D eigenvalue weighted by Crippen LogP contribution is 2.50. The van der Waals surface area contributed by atoms with Crippen LogP contribution in [0.3, 0.4) is 0 Å². The third-order valence-corrected chi connectivity index (χ3v) is 4.94. The summed E-state index contributed by atoms with van der Waals surface area (Å²) in [5.74, 6) is -0.337. The molecule has 0 radical (unpaired) electrons. The average Bonchev–Trinajstić information content (AvgIpc) is 2.99. The molecule has 6 nitrogen and oxygen atoms in total. The molecule has 0 unspecified atom stereocenters. The summed E-state index contributed by atoms with van der Waals surface area (Å²) in [5.41, 5.74) is 1.90. The first-order valence-electron chi connectivity index (χ1n) is 7.52. The van der Waals surface area contributed by atoms with Crippen molar-refractivity contribution in [2.24, 2.45) is 0 Å². The van der Waals surface area contributed by atoms with Crippen LogP contribution in [0, 0.1) is 0 Å². The molecular formula is C16H17N3O3. The minimum atomic E-state index is -0.542. The number of para-hydroxylation sites is 1. The van der Waals surface area contributed by atoms with E-state index in [1.54, 1.807) is 16.7 Å². The van der Waals surface area contributed by atoms with Gasteiger partial charge in [0.15, 0.2) is 0 Å². The number of hydrogen-bond acceptors (Lipinski definition) is 3. The molecule has 2 saturated heterocycles. The molecule has 1 aromatic rings. The summed E-state index contributed by atoms with van der Waals surface area (Å²) in [6, 6.07) is 6.69. The molecule has 22 heavy (non-hydrogen) atoms. The first-order chi connectivity index (χ1) is 10.5. The Hall–Kier alpha value is -2.37. The second kappa shape index (κ2) is 4.32. The van der Waals surface area contributed by atoms with E-state index in [0.29, 0.717) is 6.42 Å². The van der Waals surface area contributed by atoms with E-state index < -0.39 is 12.1 Å². The predicted octanol–water partition coefficient (Wildman–Crippen LogP) is 0.582. The highest BCUT2D eigenvalue weighted by molar-refractivity contribution is 6.01. The fourth-order valence-electron chi connectivity index (χ4n) is 4.08. The predicted molar refractivity (Wildman–Crippen MR) is 79.0 cm³/mol. The molecule has 0 aromatic heterocycles. The number of carbonyl (C=O) groups excluding carboxylic acids is 3. The molecule has 3 heterocycles. The maximum absolute atomic E-state index is 12.6. The summed E-state index contributed by atoms with van der Waals surface area (Å²) in [6.45, 7) is 3.19. The lowest BCUT2D eigenvalue weighted by atomic mass is 9.96. The molecule has 6 heteroatoms. The fraction of sp³-hybridized carbons (Fsp3) is 0.438. The van der Waals surface area contributed by atoms with Crippen LogP contribution in [-0.4, -0.2) is 40.9 Å². The Balaban J connectivity index is 1.85. The third-order valence-electron chi connectivity index (χ3n) is 4.94. The number of piperazine rings is 1. The quantitative estimate of drug-likeness (QED) is 0.762. The first kappa shape index (κ1) is 13.3. The maximum atomic E-state index is 12.6. The summed E-state index contributed by atoms with van der Waals surface area (Å²) < 4.78 is 0. The van der Waals surface area contributed by atoms with Crippen molar-refractivity contribution in [2.45, 2.75) is 44.4 Å². The molecule has 3 amide bonds. The maximum Gasteiger partial charge on any atom is 0.247 e. The van der Waals surface area contributed by atoms with E-state index in [2.05, 4.69) is 5.32 Å². The summed E-state index contributed by atoms with van der Waals surface area (Å²) in [4.78, 5) is 40.3. The van der Waals surface area contributed by atoms with Gasteiger partial charge in [-0.15, -0.1) is 0 Å². The van der Waals surface area contributed by atoms with E-state index >= 15 is 0 Å². The topological polar surface area (TPSA) is 69.7 Å². The summed E-state index contributed by atoms with van der Waals surface area (Å²) in [6.07, 6.45) is 0.191.